The SMILES string of the molecule is Cc1cccc(C(CC(=O)CC2CCC(CN)CC2)c2cn(CC3CCCCC3)c3ccccc23)c1.Cl. The van der Waals surface area contributed by atoms with Gasteiger partial charge in [-0.05, 0) is 86.9 Å². The van der Waals surface area contributed by atoms with Crippen molar-refractivity contribution in [1.82, 2.24) is 4.57 Å². The number of hydrogen-bond acceptors (Lipinski definition) is 2. The van der Waals surface area contributed by atoms with E-state index in [-0.39, 0.29) is 18.3 Å². The van der Waals surface area contributed by atoms with E-state index in [9.17, 15) is 4.79 Å². The molecule has 2 aliphatic rings. The first kappa shape index (κ1) is 27.9. The molecule has 2 N–H and O–H groups in total. The fraction of sp³-hybridized carbons (Fsp3) is 0.545. The second-order valence-electron chi connectivity index (χ2n) is 11.8. The van der Waals surface area contributed by atoms with Gasteiger partial charge in [0.05, 0.1) is 0 Å². The number of Topliss-reactive ketones (excluding diaryl/α,β-unsaturated/α-hetero) is 1. The van der Waals surface area contributed by atoms with Crippen molar-refractivity contribution in [2.75, 3.05) is 6.54 Å². The van der Waals surface area contributed by atoms with Crippen molar-refractivity contribution in [3.05, 3.63) is 71.4 Å². The maximum Gasteiger partial charge on any atom is 0.134 e. The van der Waals surface area contributed by atoms with Crippen LogP contribution in [0, 0.1) is 24.7 Å². The lowest BCUT2D eigenvalue weighted by atomic mass is 9.78. The molecule has 3 nitrogen and oxygen atoms in total. The molecular formula is C33H45ClN2O. The zero-order valence-corrected chi connectivity index (χ0v) is 23.4. The van der Waals surface area contributed by atoms with Crippen LogP contribution in [-0.2, 0) is 11.3 Å². The van der Waals surface area contributed by atoms with E-state index in [2.05, 4.69) is 66.2 Å². The van der Waals surface area contributed by atoms with E-state index in [1.54, 1.807) is 0 Å². The molecule has 4 heteroatoms. The quantitative estimate of drug-likeness (QED) is 0.309. The molecular weight excluding hydrogens is 476 g/mol. The first-order valence-electron chi connectivity index (χ1n) is 14.5. The molecule has 1 unspecified atom stereocenters. The molecule has 0 aliphatic heterocycles. The van der Waals surface area contributed by atoms with Crippen LogP contribution in [-0.4, -0.2) is 16.9 Å². The van der Waals surface area contributed by atoms with Crippen LogP contribution in [0.1, 0.15) is 93.2 Å². The number of aryl methyl sites for hydroxylation is 1. The molecule has 0 saturated heterocycles. The van der Waals surface area contributed by atoms with Gasteiger partial charge in [-0.2, -0.15) is 0 Å². The van der Waals surface area contributed by atoms with Gasteiger partial charge < -0.3 is 10.3 Å². The Kier molecular flexibility index (Phi) is 9.90. The Morgan fingerprint density at radius 1 is 0.919 bits per heavy atom. The van der Waals surface area contributed by atoms with Crippen LogP contribution in [0.2, 0.25) is 0 Å². The summed E-state index contributed by atoms with van der Waals surface area (Å²) in [7, 11) is 0. The van der Waals surface area contributed by atoms with Gasteiger partial charge in [0.1, 0.15) is 5.78 Å². The second kappa shape index (κ2) is 13.1. The van der Waals surface area contributed by atoms with Crippen molar-refractivity contribution < 1.29 is 4.79 Å². The zero-order valence-electron chi connectivity index (χ0n) is 22.5. The third-order valence-corrected chi connectivity index (χ3v) is 9.07. The number of carbonyl (C=O) groups is 1. The molecule has 0 bridgehead atoms. The molecule has 37 heavy (non-hydrogen) atoms. The van der Waals surface area contributed by atoms with Crippen LogP contribution < -0.4 is 5.73 Å². The lowest BCUT2D eigenvalue weighted by Gasteiger charge is -2.27. The maximum atomic E-state index is 13.5. The summed E-state index contributed by atoms with van der Waals surface area (Å²) in [4.78, 5) is 13.5. The number of halogens is 1. The van der Waals surface area contributed by atoms with Crippen LogP contribution in [0.25, 0.3) is 10.9 Å². The standard InChI is InChI=1S/C33H44N2O.ClH/c1-24-8-7-11-28(18-24)31(20-29(36)19-25-14-16-26(21-34)17-15-25)32-23-35(22-27-9-3-2-4-10-27)33-13-6-5-12-30(32)33;/h5-8,11-13,18,23,25-27,31H,2-4,9-10,14-17,19-22,34H2,1H3;1H. The molecule has 2 aromatic carbocycles. The number of fused-ring (bicyclic) bond motifs is 1. The van der Waals surface area contributed by atoms with Crippen molar-refractivity contribution >= 4 is 29.1 Å². The largest absolute Gasteiger partial charge is 0.347 e. The Labute approximate surface area is 229 Å². The number of ketones is 1. The minimum atomic E-state index is 0. The Morgan fingerprint density at radius 3 is 2.38 bits per heavy atom. The highest BCUT2D eigenvalue weighted by Gasteiger charge is 2.27. The molecule has 0 radical (unpaired) electrons. The van der Waals surface area contributed by atoms with Crippen LogP contribution in [0.4, 0.5) is 0 Å². The average Bonchev–Trinajstić information content (AvgIpc) is 3.26. The molecule has 0 spiro atoms. The highest BCUT2D eigenvalue weighted by atomic mass is 35.5. The van der Waals surface area contributed by atoms with E-state index < -0.39 is 0 Å². The van der Waals surface area contributed by atoms with E-state index in [4.69, 9.17) is 5.73 Å². The third kappa shape index (κ3) is 6.86. The molecule has 5 rings (SSSR count). The number of benzene rings is 2. The number of para-hydroxylation sites is 1. The average molecular weight is 521 g/mol. The van der Waals surface area contributed by atoms with Gasteiger partial charge in [-0.3, -0.25) is 4.79 Å². The molecule has 2 aliphatic carbocycles. The topological polar surface area (TPSA) is 48.0 Å². The van der Waals surface area contributed by atoms with E-state index in [1.165, 1.54) is 72.5 Å². The van der Waals surface area contributed by atoms with Crippen molar-refractivity contribution in [3.63, 3.8) is 0 Å². The highest BCUT2D eigenvalue weighted by Crippen LogP contribution is 2.38. The van der Waals surface area contributed by atoms with E-state index >= 15 is 0 Å². The summed E-state index contributed by atoms with van der Waals surface area (Å²) in [6.45, 7) is 4.05. The van der Waals surface area contributed by atoms with Crippen LogP contribution in [0.15, 0.2) is 54.7 Å². The fourth-order valence-electron chi connectivity index (χ4n) is 6.95. The molecule has 1 atom stereocenters. The minimum absolute atomic E-state index is 0. The Morgan fingerprint density at radius 2 is 1.65 bits per heavy atom. The van der Waals surface area contributed by atoms with E-state index in [0.29, 0.717) is 24.0 Å². The third-order valence-electron chi connectivity index (χ3n) is 9.07. The molecule has 1 aromatic heterocycles. The van der Waals surface area contributed by atoms with Gasteiger partial charge in [0.15, 0.2) is 0 Å². The minimum Gasteiger partial charge on any atom is -0.347 e. The van der Waals surface area contributed by atoms with E-state index in [1.807, 2.05) is 0 Å². The predicted octanol–water partition coefficient (Wildman–Crippen LogP) is 8.20. The van der Waals surface area contributed by atoms with Gasteiger partial charge in [0.2, 0.25) is 0 Å². The Bertz CT molecular complexity index is 1150. The summed E-state index contributed by atoms with van der Waals surface area (Å²) in [6, 6.07) is 17.7. The van der Waals surface area contributed by atoms with Gasteiger partial charge >= 0.3 is 0 Å². The molecule has 3 aromatic rings. The molecule has 2 saturated carbocycles. The Hall–Kier alpha value is -2.10. The molecule has 2 fully saturated rings. The van der Waals surface area contributed by atoms with Gasteiger partial charge in [-0.25, -0.2) is 0 Å². The predicted molar refractivity (Wildman–Crippen MR) is 158 cm³/mol. The number of rotatable bonds is 9. The van der Waals surface area contributed by atoms with Crippen molar-refractivity contribution in [2.45, 2.75) is 90.0 Å². The van der Waals surface area contributed by atoms with Crippen LogP contribution >= 0.6 is 12.4 Å². The van der Waals surface area contributed by atoms with Crippen molar-refractivity contribution in [2.24, 2.45) is 23.5 Å². The summed E-state index contributed by atoms with van der Waals surface area (Å²) in [6.07, 6.45) is 15.2. The van der Waals surface area contributed by atoms with Crippen molar-refractivity contribution in [3.8, 4) is 0 Å². The summed E-state index contributed by atoms with van der Waals surface area (Å²) < 4.78 is 2.50. The first-order valence-corrected chi connectivity index (χ1v) is 14.5. The first-order chi connectivity index (χ1) is 17.6. The summed E-state index contributed by atoms with van der Waals surface area (Å²) >= 11 is 0. The number of carbonyl (C=O) groups excluding carboxylic acids is 1. The van der Waals surface area contributed by atoms with Gasteiger partial charge in [-0.15, -0.1) is 12.4 Å². The molecule has 200 valence electrons. The molecule has 1 heterocycles. The summed E-state index contributed by atoms with van der Waals surface area (Å²) in [5, 5.41) is 1.32. The normalized spacial score (nSPS) is 21.5. The zero-order chi connectivity index (χ0) is 24.9. The Balaban J connectivity index is 0.00000320. The lowest BCUT2D eigenvalue weighted by Crippen LogP contribution is -2.23. The van der Waals surface area contributed by atoms with Crippen LogP contribution in [0.3, 0.4) is 0 Å². The maximum absolute atomic E-state index is 13.5. The summed E-state index contributed by atoms with van der Waals surface area (Å²) in [5.41, 5.74) is 11.1. The number of aromatic nitrogens is 1. The number of hydrogen-bond donors (Lipinski definition) is 1. The summed E-state index contributed by atoms with van der Waals surface area (Å²) in [5.74, 6) is 2.49. The van der Waals surface area contributed by atoms with Gasteiger partial charge in [-0.1, -0.05) is 67.3 Å². The lowest BCUT2D eigenvalue weighted by molar-refractivity contribution is -0.120. The fourth-order valence-corrected chi connectivity index (χ4v) is 6.95. The number of nitrogens with zero attached hydrogens (tertiary/aromatic N) is 1. The van der Waals surface area contributed by atoms with Gasteiger partial charge in [0, 0.05) is 42.4 Å². The monoisotopic (exact) mass is 520 g/mol. The van der Waals surface area contributed by atoms with Crippen molar-refractivity contribution in [1.29, 1.82) is 0 Å². The second-order valence-corrected chi connectivity index (χ2v) is 11.8. The highest BCUT2D eigenvalue weighted by molar-refractivity contribution is 5.87. The smallest absolute Gasteiger partial charge is 0.134 e. The molecule has 0 amide bonds. The van der Waals surface area contributed by atoms with Crippen LogP contribution in [0.5, 0.6) is 0 Å². The van der Waals surface area contributed by atoms with E-state index in [0.717, 1.165) is 38.3 Å². The van der Waals surface area contributed by atoms with Gasteiger partial charge in [0.25, 0.3) is 0 Å². The number of nitrogens with two attached hydrogens (primary N) is 1.